The molecule has 1 aliphatic heterocycles. The maximum Gasteiger partial charge on any atom is 0.330 e. The summed E-state index contributed by atoms with van der Waals surface area (Å²) in [5.41, 5.74) is 6.15. The second-order valence-electron chi connectivity index (χ2n) is 16.7. The van der Waals surface area contributed by atoms with E-state index in [1.807, 2.05) is 19.9 Å². The molecule has 0 saturated heterocycles. The maximum atomic E-state index is 13.0. The minimum Gasteiger partial charge on any atom is -1.00 e. The third-order valence-corrected chi connectivity index (χ3v) is 14.0. The fourth-order valence-electron chi connectivity index (χ4n) is 8.44. The number of para-hydroxylation sites is 1. The Morgan fingerprint density at radius 3 is 2.27 bits per heavy atom. The number of pyridine rings is 1. The van der Waals surface area contributed by atoms with Crippen molar-refractivity contribution in [1.82, 2.24) is 5.32 Å². The molecule has 0 radical (unpaired) electrons. The average Bonchev–Trinajstić information content (AvgIpc) is 3.26. The molecule has 0 saturated carbocycles. The van der Waals surface area contributed by atoms with Gasteiger partial charge in [-0.25, -0.2) is 0 Å². The Balaban J connectivity index is 0.0000102. The minimum atomic E-state index is -3.07. The molecule has 3 N–H and O–H groups in total. The van der Waals surface area contributed by atoms with Gasteiger partial charge in [-0.15, -0.1) is 0 Å². The first-order valence-corrected chi connectivity index (χ1v) is 25.6. The number of aliphatic hydroxyl groups excluding tert-OH is 2. The molecule has 62 heavy (non-hydrogen) atoms. The van der Waals surface area contributed by atoms with Crippen molar-refractivity contribution >= 4 is 42.2 Å². The van der Waals surface area contributed by atoms with Crippen LogP contribution in [0.4, 0.5) is 5.69 Å². The first-order chi connectivity index (χ1) is 29.8. The number of carbonyl (C=O) groups is 1. The molecule has 9 nitrogen and oxygen atoms in total. The van der Waals surface area contributed by atoms with E-state index in [0.29, 0.717) is 32.2 Å². The summed E-state index contributed by atoms with van der Waals surface area (Å²) in [6, 6.07) is 16.7. The summed E-state index contributed by atoms with van der Waals surface area (Å²) in [5.74, 6) is -0.118. The molecule has 2 atom stereocenters. The zero-order chi connectivity index (χ0) is 43.5. The van der Waals surface area contributed by atoms with Crippen molar-refractivity contribution in [2.75, 3.05) is 44.0 Å². The summed E-state index contributed by atoms with van der Waals surface area (Å²) in [4.78, 5) is 15.2. The lowest BCUT2D eigenvalue weighted by molar-refractivity contribution is -0.671. The van der Waals surface area contributed by atoms with Gasteiger partial charge in [0, 0.05) is 43.8 Å². The van der Waals surface area contributed by atoms with Gasteiger partial charge in [-0.1, -0.05) is 120 Å². The van der Waals surface area contributed by atoms with Gasteiger partial charge < -0.3 is 46.5 Å². The van der Waals surface area contributed by atoms with Crippen LogP contribution in [0.1, 0.15) is 153 Å². The van der Waals surface area contributed by atoms with Gasteiger partial charge in [-0.05, 0) is 87.3 Å². The number of carbonyl (C=O) groups excluding carboxylic acids is 1. The van der Waals surface area contributed by atoms with Gasteiger partial charge in [-0.2, -0.15) is 4.57 Å². The van der Waals surface area contributed by atoms with Gasteiger partial charge in [0.25, 0.3) is 0 Å². The van der Waals surface area contributed by atoms with E-state index in [1.54, 1.807) is 6.08 Å². The summed E-state index contributed by atoms with van der Waals surface area (Å²) in [6.45, 7) is 9.13. The number of hydrogen-bond acceptors (Lipinski definition) is 7. The van der Waals surface area contributed by atoms with E-state index in [2.05, 4.69) is 88.6 Å². The number of aliphatic hydroxyl groups is 2. The Bertz CT molecular complexity index is 1810. The van der Waals surface area contributed by atoms with Crippen LogP contribution >= 0.6 is 7.60 Å². The second-order valence-corrected chi connectivity index (χ2v) is 18.9. The smallest absolute Gasteiger partial charge is 0.330 e. The number of nitrogens with zero attached hydrogens (tertiary/aromatic N) is 2. The topological polar surface area (TPSA) is 112 Å². The number of benzene rings is 2. The first-order valence-electron chi connectivity index (χ1n) is 23.9. The molecular weight excluding hydrogens is 861 g/mol. The highest BCUT2D eigenvalue weighted by Gasteiger charge is 2.24. The van der Waals surface area contributed by atoms with Crippen LogP contribution < -0.4 is 31.8 Å². The number of anilines is 1. The number of aromatic nitrogens is 1. The summed E-state index contributed by atoms with van der Waals surface area (Å²) < 4.78 is 26.2. The van der Waals surface area contributed by atoms with Gasteiger partial charge in [0.1, 0.15) is 6.54 Å². The lowest BCUT2D eigenvalue weighted by Crippen LogP contribution is -3.00. The molecule has 1 amide bonds. The van der Waals surface area contributed by atoms with Crippen molar-refractivity contribution in [2.45, 2.75) is 161 Å². The Hall–Kier alpha value is -2.85. The van der Waals surface area contributed by atoms with Crippen LogP contribution in [0.15, 0.2) is 66.9 Å². The van der Waals surface area contributed by atoms with Crippen LogP contribution in [0.3, 0.4) is 0 Å². The van der Waals surface area contributed by atoms with Crippen molar-refractivity contribution in [2.24, 2.45) is 0 Å². The predicted molar refractivity (Wildman–Crippen MR) is 254 cm³/mol. The number of fused-ring (bicyclic) bond motifs is 2. The van der Waals surface area contributed by atoms with E-state index in [4.69, 9.17) is 9.05 Å². The lowest BCUT2D eigenvalue weighted by Gasteiger charge is -2.31. The van der Waals surface area contributed by atoms with Crippen molar-refractivity contribution in [1.29, 1.82) is 0 Å². The van der Waals surface area contributed by atoms with Gasteiger partial charge in [0.15, 0.2) is 6.20 Å². The first kappa shape index (κ1) is 53.5. The van der Waals surface area contributed by atoms with Gasteiger partial charge >= 0.3 is 7.60 Å². The fraction of sp³-hybridized carbons (Fsp3) is 0.608. The molecule has 1 aromatic heterocycles. The molecular formula is C51H79BrN3O6P. The van der Waals surface area contributed by atoms with E-state index in [-0.39, 0.29) is 29.5 Å². The number of unbranched alkanes of at least 4 members (excludes halogenated alkanes) is 13. The standard InChI is InChI=1S/C51H78N3O6P.BrH/c1-4-7-8-9-10-11-12-13-14-15-16-17-19-29-50(56)47(42-55)52-51(57)30-20-18-23-36-53-37-24-26-45-41-43(32-34-48(45)53)31-33-44-35-39-54(49-28-22-21-27-46(44)49)38-25-40-61(58,59-5-2)60-6-3;/h19,21-22,27-29,31-35,39,41,47,50,55-56H,4-18,20,23-26,30,36-38,40,42H2,1-3H3;1H/b29-19+;. The van der Waals surface area contributed by atoms with Crippen LogP contribution in [-0.2, 0) is 31.4 Å². The van der Waals surface area contributed by atoms with Crippen molar-refractivity contribution in [3.63, 3.8) is 0 Å². The summed E-state index contributed by atoms with van der Waals surface area (Å²) in [6.07, 6.45) is 31.0. The van der Waals surface area contributed by atoms with Gasteiger partial charge in [0.05, 0.1) is 43.5 Å². The molecule has 2 aromatic carbocycles. The second kappa shape index (κ2) is 31.1. The molecule has 346 valence electrons. The Morgan fingerprint density at radius 1 is 0.871 bits per heavy atom. The third kappa shape index (κ3) is 19.1. The average molecular weight is 941 g/mol. The Kier molecular flexibility index (Phi) is 26.8. The Morgan fingerprint density at radius 2 is 1.56 bits per heavy atom. The fourth-order valence-corrected chi connectivity index (χ4v) is 10.1. The zero-order valence-corrected chi connectivity index (χ0v) is 40.8. The number of amides is 1. The van der Waals surface area contributed by atoms with Gasteiger partial charge in [0.2, 0.25) is 11.4 Å². The number of rotatable bonds is 32. The largest absolute Gasteiger partial charge is 1.00 e. The molecule has 2 heterocycles. The normalized spacial score (nSPS) is 14.0. The summed E-state index contributed by atoms with van der Waals surface area (Å²) in [5, 5.41) is 24.5. The molecule has 4 rings (SSSR count). The highest BCUT2D eigenvalue weighted by Crippen LogP contribution is 2.48. The molecule has 11 heteroatoms. The van der Waals surface area contributed by atoms with Crippen molar-refractivity contribution in [3.05, 3.63) is 83.6 Å². The molecule has 3 aromatic rings. The molecule has 1 aliphatic rings. The van der Waals surface area contributed by atoms with Crippen molar-refractivity contribution in [3.8, 4) is 0 Å². The molecule has 2 unspecified atom stereocenters. The van der Waals surface area contributed by atoms with Crippen LogP contribution in [0, 0.1) is 0 Å². The van der Waals surface area contributed by atoms with Crippen LogP contribution in [0.25, 0.3) is 23.1 Å². The third-order valence-electron chi connectivity index (χ3n) is 11.8. The number of allylic oxidation sites excluding steroid dienone is 1. The maximum absolute atomic E-state index is 13.0. The monoisotopic (exact) mass is 939 g/mol. The highest BCUT2D eigenvalue weighted by molar-refractivity contribution is 7.53. The van der Waals surface area contributed by atoms with Gasteiger partial charge in [-0.3, -0.25) is 9.36 Å². The molecule has 0 aliphatic carbocycles. The zero-order valence-electron chi connectivity index (χ0n) is 38.3. The molecule has 0 fully saturated rings. The number of halogens is 1. The van der Waals surface area contributed by atoms with E-state index in [0.717, 1.165) is 75.7 Å². The molecule has 0 bridgehead atoms. The van der Waals surface area contributed by atoms with Crippen LogP contribution in [-0.4, -0.2) is 67.3 Å². The summed E-state index contributed by atoms with van der Waals surface area (Å²) in [7, 11) is -3.07. The lowest BCUT2D eigenvalue weighted by atomic mass is 9.98. The summed E-state index contributed by atoms with van der Waals surface area (Å²) >= 11 is 0. The Labute approximate surface area is 385 Å². The predicted octanol–water partition coefficient (Wildman–Crippen LogP) is 8.37. The number of aryl methyl sites for hydroxylation is 2. The number of nitrogens with one attached hydrogen (secondary N) is 1. The van der Waals surface area contributed by atoms with E-state index in [9.17, 15) is 19.6 Å². The van der Waals surface area contributed by atoms with Crippen LogP contribution in [0.5, 0.6) is 0 Å². The quantitative estimate of drug-likeness (QED) is 0.0250. The molecule has 0 spiro atoms. The van der Waals surface area contributed by atoms with Crippen molar-refractivity contribution < 1.29 is 50.2 Å². The SMILES string of the molecule is CCCCCCCCCCCCC/C=C/C(O)C(CO)NC(=O)CCCCCN1CCCc2cc(C=Cc3cc[n+](CCCP(=O)(OCC)OCC)c4ccccc34)ccc21.[Br-]. The van der Waals surface area contributed by atoms with E-state index >= 15 is 0 Å². The van der Waals surface area contributed by atoms with E-state index in [1.165, 1.54) is 86.4 Å². The van der Waals surface area contributed by atoms with Crippen LogP contribution in [0.2, 0.25) is 0 Å². The highest BCUT2D eigenvalue weighted by atomic mass is 79.9. The number of hydrogen-bond donors (Lipinski definition) is 3. The van der Waals surface area contributed by atoms with E-state index < -0.39 is 19.7 Å². The minimum absolute atomic E-state index is 0.